The highest BCUT2D eigenvalue weighted by Crippen LogP contribution is 2.14. The standard InChI is InChI=1S/C20H31FN2O4/c1-15(2)19(24)14-22-8-11-27-16(12-22)13-23(9-10-26-3)20(25)17-6-4-5-7-18(17)21/h4-7,15-16,19,24H,8-14H2,1-3H3. The molecule has 1 aromatic rings. The zero-order valence-corrected chi connectivity index (χ0v) is 16.4. The van der Waals surface area contributed by atoms with Crippen molar-refractivity contribution in [3.8, 4) is 0 Å². The predicted octanol–water partition coefficient (Wildman–Crippen LogP) is 1.63. The number of morpholine rings is 1. The zero-order valence-electron chi connectivity index (χ0n) is 16.4. The van der Waals surface area contributed by atoms with Crippen molar-refractivity contribution < 1.29 is 23.8 Å². The molecule has 0 spiro atoms. The molecule has 1 N–H and O–H groups in total. The quantitative estimate of drug-likeness (QED) is 0.703. The van der Waals surface area contributed by atoms with Crippen LogP contribution in [-0.2, 0) is 9.47 Å². The van der Waals surface area contributed by atoms with Gasteiger partial charge in [-0.05, 0) is 18.1 Å². The molecule has 0 radical (unpaired) electrons. The summed E-state index contributed by atoms with van der Waals surface area (Å²) in [6.07, 6.45) is -0.584. The maximum atomic E-state index is 14.0. The third-order valence-electron chi connectivity index (χ3n) is 4.82. The largest absolute Gasteiger partial charge is 0.392 e. The average Bonchev–Trinajstić information content (AvgIpc) is 2.65. The van der Waals surface area contributed by atoms with Gasteiger partial charge in [0.2, 0.25) is 0 Å². The molecular weight excluding hydrogens is 351 g/mol. The highest BCUT2D eigenvalue weighted by atomic mass is 19.1. The van der Waals surface area contributed by atoms with Gasteiger partial charge in [0.25, 0.3) is 5.91 Å². The van der Waals surface area contributed by atoms with Gasteiger partial charge in [-0.3, -0.25) is 9.69 Å². The molecule has 0 aromatic heterocycles. The number of aliphatic hydroxyl groups excluding tert-OH is 1. The lowest BCUT2D eigenvalue weighted by Crippen LogP contribution is -2.51. The molecule has 6 nitrogen and oxygen atoms in total. The number of benzene rings is 1. The van der Waals surface area contributed by atoms with Crippen LogP contribution in [0, 0.1) is 11.7 Å². The van der Waals surface area contributed by atoms with E-state index in [9.17, 15) is 14.3 Å². The fraction of sp³-hybridized carbons (Fsp3) is 0.650. The van der Waals surface area contributed by atoms with Gasteiger partial charge in [-0.1, -0.05) is 26.0 Å². The normalized spacial score (nSPS) is 19.3. The van der Waals surface area contributed by atoms with E-state index in [2.05, 4.69) is 4.90 Å². The summed E-state index contributed by atoms with van der Waals surface area (Å²) in [7, 11) is 1.57. The minimum Gasteiger partial charge on any atom is -0.392 e. The molecule has 27 heavy (non-hydrogen) atoms. The number of amides is 1. The van der Waals surface area contributed by atoms with E-state index in [0.29, 0.717) is 39.4 Å². The number of ether oxygens (including phenoxy) is 2. The van der Waals surface area contributed by atoms with Gasteiger partial charge in [-0.15, -0.1) is 0 Å². The number of hydrogen-bond donors (Lipinski definition) is 1. The molecule has 0 bridgehead atoms. The molecule has 1 aromatic carbocycles. The first-order valence-electron chi connectivity index (χ1n) is 9.47. The van der Waals surface area contributed by atoms with E-state index in [0.717, 1.165) is 6.54 Å². The summed E-state index contributed by atoms with van der Waals surface area (Å²) in [5.41, 5.74) is 0.0523. The number of hydrogen-bond acceptors (Lipinski definition) is 5. The Morgan fingerprint density at radius 3 is 2.85 bits per heavy atom. The van der Waals surface area contributed by atoms with Crippen LogP contribution in [0.25, 0.3) is 0 Å². The third-order valence-corrected chi connectivity index (χ3v) is 4.82. The number of rotatable bonds is 9. The number of aliphatic hydroxyl groups is 1. The Labute approximate surface area is 160 Å². The maximum Gasteiger partial charge on any atom is 0.256 e. The van der Waals surface area contributed by atoms with Crippen LogP contribution in [-0.4, -0.2) is 86.1 Å². The topological polar surface area (TPSA) is 62.2 Å². The summed E-state index contributed by atoms with van der Waals surface area (Å²) in [6.45, 7) is 7.55. The second kappa shape index (κ2) is 10.7. The van der Waals surface area contributed by atoms with E-state index in [4.69, 9.17) is 9.47 Å². The van der Waals surface area contributed by atoms with Gasteiger partial charge in [0, 0.05) is 39.8 Å². The van der Waals surface area contributed by atoms with E-state index in [1.54, 1.807) is 24.1 Å². The molecule has 1 heterocycles. The van der Waals surface area contributed by atoms with E-state index >= 15 is 0 Å². The van der Waals surface area contributed by atoms with Gasteiger partial charge < -0.3 is 19.5 Å². The van der Waals surface area contributed by atoms with E-state index in [1.807, 2.05) is 13.8 Å². The van der Waals surface area contributed by atoms with Crippen molar-refractivity contribution in [3.63, 3.8) is 0 Å². The number of halogens is 1. The third kappa shape index (κ3) is 6.53. The number of β-amino-alcohol motifs (C(OH)–C–C–N with tert-alkyl or cyclic N) is 1. The van der Waals surface area contributed by atoms with Crippen LogP contribution < -0.4 is 0 Å². The lowest BCUT2D eigenvalue weighted by Gasteiger charge is -2.37. The molecule has 1 amide bonds. The van der Waals surface area contributed by atoms with Crippen LogP contribution in [0.5, 0.6) is 0 Å². The molecule has 1 saturated heterocycles. The summed E-state index contributed by atoms with van der Waals surface area (Å²) >= 11 is 0. The summed E-state index contributed by atoms with van der Waals surface area (Å²) in [5.74, 6) is -0.712. The average molecular weight is 382 g/mol. The van der Waals surface area contributed by atoms with Gasteiger partial charge in [0.05, 0.1) is 31.0 Å². The molecule has 7 heteroatoms. The summed E-state index contributed by atoms with van der Waals surface area (Å²) < 4.78 is 25.0. The molecular formula is C20H31FN2O4. The summed E-state index contributed by atoms with van der Waals surface area (Å²) in [5, 5.41) is 10.1. The van der Waals surface area contributed by atoms with E-state index < -0.39 is 11.9 Å². The van der Waals surface area contributed by atoms with Crippen LogP contribution in [0.4, 0.5) is 4.39 Å². The van der Waals surface area contributed by atoms with Gasteiger partial charge >= 0.3 is 0 Å². The second-order valence-electron chi connectivity index (χ2n) is 7.29. The Morgan fingerprint density at radius 2 is 2.19 bits per heavy atom. The number of nitrogens with zero attached hydrogens (tertiary/aromatic N) is 2. The minimum absolute atomic E-state index is 0.0523. The van der Waals surface area contributed by atoms with Crippen molar-refractivity contribution in [2.45, 2.75) is 26.1 Å². The molecule has 2 unspecified atom stereocenters. The molecule has 1 aliphatic rings. The first-order chi connectivity index (χ1) is 12.9. The summed E-state index contributed by atoms with van der Waals surface area (Å²) in [6, 6.07) is 5.99. The Morgan fingerprint density at radius 1 is 1.44 bits per heavy atom. The lowest BCUT2D eigenvalue weighted by atomic mass is 10.1. The highest BCUT2D eigenvalue weighted by Gasteiger charge is 2.27. The van der Waals surface area contributed by atoms with Crippen molar-refractivity contribution in [1.29, 1.82) is 0 Å². The first kappa shape index (κ1) is 21.8. The number of carbonyl (C=O) groups excluding carboxylic acids is 1. The molecule has 0 aliphatic carbocycles. The predicted molar refractivity (Wildman–Crippen MR) is 101 cm³/mol. The molecule has 1 fully saturated rings. The molecule has 0 saturated carbocycles. The van der Waals surface area contributed by atoms with Gasteiger partial charge in [-0.25, -0.2) is 4.39 Å². The molecule has 152 valence electrons. The number of methoxy groups -OCH3 is 1. The van der Waals surface area contributed by atoms with Crippen molar-refractivity contribution in [1.82, 2.24) is 9.80 Å². The summed E-state index contributed by atoms with van der Waals surface area (Å²) in [4.78, 5) is 16.5. The Kier molecular flexibility index (Phi) is 8.63. The van der Waals surface area contributed by atoms with Gasteiger partial charge in [0.15, 0.2) is 0 Å². The van der Waals surface area contributed by atoms with Gasteiger partial charge in [-0.2, -0.15) is 0 Å². The van der Waals surface area contributed by atoms with Crippen LogP contribution in [0.1, 0.15) is 24.2 Å². The monoisotopic (exact) mass is 382 g/mol. The molecule has 2 rings (SSSR count). The smallest absolute Gasteiger partial charge is 0.256 e. The minimum atomic E-state index is -0.531. The van der Waals surface area contributed by atoms with Gasteiger partial charge in [0.1, 0.15) is 5.82 Å². The Balaban J connectivity index is 2.02. The van der Waals surface area contributed by atoms with Crippen molar-refractivity contribution in [2.24, 2.45) is 5.92 Å². The van der Waals surface area contributed by atoms with E-state index in [-0.39, 0.29) is 23.5 Å². The lowest BCUT2D eigenvalue weighted by molar-refractivity contribution is -0.0551. The zero-order chi connectivity index (χ0) is 19.8. The first-order valence-corrected chi connectivity index (χ1v) is 9.47. The fourth-order valence-corrected chi connectivity index (χ4v) is 3.06. The van der Waals surface area contributed by atoms with Crippen molar-refractivity contribution in [2.75, 3.05) is 53.0 Å². The van der Waals surface area contributed by atoms with E-state index in [1.165, 1.54) is 12.1 Å². The highest BCUT2D eigenvalue weighted by molar-refractivity contribution is 5.94. The Bertz CT molecular complexity index is 599. The van der Waals surface area contributed by atoms with Crippen LogP contribution in [0.2, 0.25) is 0 Å². The fourth-order valence-electron chi connectivity index (χ4n) is 3.06. The SMILES string of the molecule is COCCN(CC1CN(CC(O)C(C)C)CCO1)C(=O)c1ccccc1F. The maximum absolute atomic E-state index is 14.0. The van der Waals surface area contributed by atoms with Crippen LogP contribution in [0.15, 0.2) is 24.3 Å². The molecule has 2 atom stereocenters. The van der Waals surface area contributed by atoms with Crippen LogP contribution in [0.3, 0.4) is 0 Å². The van der Waals surface area contributed by atoms with Crippen molar-refractivity contribution in [3.05, 3.63) is 35.6 Å². The number of carbonyl (C=O) groups is 1. The van der Waals surface area contributed by atoms with Crippen LogP contribution >= 0.6 is 0 Å². The second-order valence-corrected chi connectivity index (χ2v) is 7.29. The van der Waals surface area contributed by atoms with Crippen molar-refractivity contribution >= 4 is 5.91 Å². The Hall–Kier alpha value is -1.54. The molecule has 1 aliphatic heterocycles.